The Morgan fingerprint density at radius 3 is 2.78 bits per heavy atom. The quantitative estimate of drug-likeness (QED) is 0.357. The summed E-state index contributed by atoms with van der Waals surface area (Å²) in [7, 11) is 0. The second-order valence-electron chi connectivity index (χ2n) is 3.37. The number of rotatable bonds is 6. The highest BCUT2D eigenvalue weighted by Crippen LogP contribution is 2.10. The van der Waals surface area contributed by atoms with Crippen molar-refractivity contribution >= 4 is 23.5 Å². The molecule has 1 aromatic carbocycles. The van der Waals surface area contributed by atoms with Crippen LogP contribution in [0.1, 0.15) is 12.5 Å². The predicted octanol–water partition coefficient (Wildman–Crippen LogP) is 2.07. The van der Waals surface area contributed by atoms with E-state index in [2.05, 4.69) is 22.4 Å². The van der Waals surface area contributed by atoms with Crippen molar-refractivity contribution in [1.82, 2.24) is 10.7 Å². The lowest BCUT2D eigenvalue weighted by Crippen LogP contribution is -2.31. The Morgan fingerprint density at radius 2 is 2.17 bits per heavy atom. The van der Waals surface area contributed by atoms with E-state index in [9.17, 15) is 0 Å². The summed E-state index contributed by atoms with van der Waals surface area (Å²) in [5.41, 5.74) is 3.69. The second-order valence-corrected chi connectivity index (χ2v) is 3.78. The van der Waals surface area contributed by atoms with Gasteiger partial charge in [0.25, 0.3) is 0 Å². The van der Waals surface area contributed by atoms with Gasteiger partial charge in [-0.05, 0) is 49.0 Å². The van der Waals surface area contributed by atoms with Gasteiger partial charge in [0.05, 0.1) is 12.8 Å². The molecule has 0 bridgehead atoms. The van der Waals surface area contributed by atoms with Gasteiger partial charge in [-0.3, -0.25) is 5.43 Å². The predicted molar refractivity (Wildman–Crippen MR) is 79.1 cm³/mol. The molecule has 0 heterocycles. The molecule has 0 saturated heterocycles. The van der Waals surface area contributed by atoms with Gasteiger partial charge in [0, 0.05) is 6.54 Å². The molecule has 4 nitrogen and oxygen atoms in total. The van der Waals surface area contributed by atoms with E-state index in [1.54, 1.807) is 12.3 Å². The van der Waals surface area contributed by atoms with E-state index in [4.69, 9.17) is 17.0 Å². The standard InChI is InChI=1S/C13H17N3OS/c1-3-9-14-13(18)16-15-10-11-5-7-12(8-6-11)17-4-2/h3,5-8,10H,1,4,9H2,2H3,(H2,14,16,18)/b15-10+. The first-order valence-corrected chi connectivity index (χ1v) is 6.07. The van der Waals surface area contributed by atoms with Crippen LogP contribution in [0.25, 0.3) is 0 Å². The summed E-state index contributed by atoms with van der Waals surface area (Å²) in [6.07, 6.45) is 3.42. The molecule has 0 radical (unpaired) electrons. The van der Waals surface area contributed by atoms with Crippen LogP contribution in [0.15, 0.2) is 42.0 Å². The third-order valence-corrected chi connectivity index (χ3v) is 2.21. The first-order valence-electron chi connectivity index (χ1n) is 5.67. The Morgan fingerprint density at radius 1 is 1.44 bits per heavy atom. The Bertz CT molecular complexity index is 415. The fraction of sp³-hybridized carbons (Fsp3) is 0.231. The molecule has 0 unspecified atom stereocenters. The zero-order valence-electron chi connectivity index (χ0n) is 10.3. The molecule has 0 spiro atoms. The highest BCUT2D eigenvalue weighted by molar-refractivity contribution is 7.80. The summed E-state index contributed by atoms with van der Waals surface area (Å²) in [5, 5.41) is 7.40. The first kappa shape index (κ1) is 14.2. The Balaban J connectivity index is 2.41. The maximum absolute atomic E-state index is 5.35. The Kier molecular flexibility index (Phi) is 6.50. The van der Waals surface area contributed by atoms with Crippen LogP contribution in [0, 0.1) is 0 Å². The average Bonchev–Trinajstić information content (AvgIpc) is 2.39. The zero-order chi connectivity index (χ0) is 13.2. The third kappa shape index (κ3) is 5.45. The van der Waals surface area contributed by atoms with Crippen LogP contribution in [0.4, 0.5) is 0 Å². The number of ether oxygens (including phenoxy) is 1. The van der Waals surface area contributed by atoms with E-state index < -0.39 is 0 Å². The van der Waals surface area contributed by atoms with Gasteiger partial charge in [0.1, 0.15) is 5.75 Å². The molecule has 1 aromatic rings. The topological polar surface area (TPSA) is 45.7 Å². The van der Waals surface area contributed by atoms with Gasteiger partial charge in [-0.1, -0.05) is 6.08 Å². The fourth-order valence-electron chi connectivity index (χ4n) is 1.19. The molecule has 0 saturated carbocycles. The summed E-state index contributed by atoms with van der Waals surface area (Å²) < 4.78 is 5.35. The minimum Gasteiger partial charge on any atom is -0.494 e. The molecule has 0 aliphatic rings. The minimum atomic E-state index is 0.470. The monoisotopic (exact) mass is 263 g/mol. The molecule has 0 atom stereocenters. The number of nitrogens with one attached hydrogen (secondary N) is 2. The summed E-state index contributed by atoms with van der Waals surface area (Å²) in [5.74, 6) is 0.853. The van der Waals surface area contributed by atoms with Crippen molar-refractivity contribution in [3.05, 3.63) is 42.5 Å². The Labute approximate surface area is 113 Å². The molecule has 1 rings (SSSR count). The minimum absolute atomic E-state index is 0.470. The first-order chi connectivity index (χ1) is 8.76. The summed E-state index contributed by atoms with van der Waals surface area (Å²) in [4.78, 5) is 0. The molecule has 0 aromatic heterocycles. The van der Waals surface area contributed by atoms with E-state index in [0.717, 1.165) is 11.3 Å². The average molecular weight is 263 g/mol. The van der Waals surface area contributed by atoms with Crippen LogP contribution in [-0.2, 0) is 0 Å². The molecule has 2 N–H and O–H groups in total. The molecule has 0 aliphatic heterocycles. The van der Waals surface area contributed by atoms with Gasteiger partial charge >= 0.3 is 0 Å². The van der Waals surface area contributed by atoms with Crippen molar-refractivity contribution in [3.63, 3.8) is 0 Å². The number of nitrogens with zero attached hydrogens (tertiary/aromatic N) is 1. The number of hydrogen-bond acceptors (Lipinski definition) is 3. The normalized spacial score (nSPS) is 10.1. The molecule has 0 fully saturated rings. The van der Waals surface area contributed by atoms with Crippen LogP contribution in [0.3, 0.4) is 0 Å². The van der Waals surface area contributed by atoms with Gasteiger partial charge in [-0.25, -0.2) is 0 Å². The summed E-state index contributed by atoms with van der Waals surface area (Å²) >= 11 is 4.99. The van der Waals surface area contributed by atoms with Gasteiger partial charge < -0.3 is 10.1 Å². The lowest BCUT2D eigenvalue weighted by Gasteiger charge is -2.04. The molecule has 18 heavy (non-hydrogen) atoms. The van der Waals surface area contributed by atoms with Gasteiger partial charge in [-0.15, -0.1) is 6.58 Å². The molecule has 5 heteroatoms. The van der Waals surface area contributed by atoms with E-state index in [0.29, 0.717) is 18.3 Å². The largest absolute Gasteiger partial charge is 0.494 e. The maximum Gasteiger partial charge on any atom is 0.187 e. The lowest BCUT2D eigenvalue weighted by molar-refractivity contribution is 0.340. The van der Waals surface area contributed by atoms with Crippen molar-refractivity contribution in [2.45, 2.75) is 6.92 Å². The van der Waals surface area contributed by atoms with Gasteiger partial charge in [0.15, 0.2) is 5.11 Å². The number of thiocarbonyl (C=S) groups is 1. The van der Waals surface area contributed by atoms with E-state index in [-0.39, 0.29) is 0 Å². The molecule has 0 aliphatic carbocycles. The highest BCUT2D eigenvalue weighted by atomic mass is 32.1. The maximum atomic E-state index is 5.35. The smallest absolute Gasteiger partial charge is 0.187 e. The number of hydrazone groups is 1. The molecule has 0 amide bonds. The fourth-order valence-corrected chi connectivity index (χ4v) is 1.32. The Hall–Kier alpha value is -1.88. The van der Waals surface area contributed by atoms with Crippen molar-refractivity contribution < 1.29 is 4.74 Å². The van der Waals surface area contributed by atoms with Crippen LogP contribution in [0.2, 0.25) is 0 Å². The van der Waals surface area contributed by atoms with Crippen molar-refractivity contribution in [3.8, 4) is 5.75 Å². The van der Waals surface area contributed by atoms with Gasteiger partial charge in [0.2, 0.25) is 0 Å². The summed E-state index contributed by atoms with van der Waals surface area (Å²) in [6.45, 7) is 6.82. The van der Waals surface area contributed by atoms with Crippen molar-refractivity contribution in [2.75, 3.05) is 13.2 Å². The van der Waals surface area contributed by atoms with E-state index in [1.165, 1.54) is 0 Å². The van der Waals surface area contributed by atoms with Crippen LogP contribution >= 0.6 is 12.2 Å². The third-order valence-electron chi connectivity index (χ3n) is 1.98. The molecular weight excluding hydrogens is 246 g/mol. The molecular formula is C13H17N3OS. The molecule has 96 valence electrons. The van der Waals surface area contributed by atoms with E-state index >= 15 is 0 Å². The van der Waals surface area contributed by atoms with Crippen LogP contribution in [-0.4, -0.2) is 24.5 Å². The lowest BCUT2D eigenvalue weighted by atomic mass is 10.2. The van der Waals surface area contributed by atoms with Crippen LogP contribution < -0.4 is 15.5 Å². The van der Waals surface area contributed by atoms with E-state index in [1.807, 2.05) is 31.2 Å². The number of benzene rings is 1. The number of hydrogen-bond donors (Lipinski definition) is 2. The van der Waals surface area contributed by atoms with Gasteiger partial charge in [-0.2, -0.15) is 5.10 Å². The zero-order valence-corrected chi connectivity index (χ0v) is 11.2. The summed E-state index contributed by atoms with van der Waals surface area (Å²) in [6, 6.07) is 7.66. The SMILES string of the molecule is C=CCNC(=S)N/N=C/c1ccc(OCC)cc1. The van der Waals surface area contributed by atoms with Crippen molar-refractivity contribution in [2.24, 2.45) is 5.10 Å². The highest BCUT2D eigenvalue weighted by Gasteiger charge is 1.92. The van der Waals surface area contributed by atoms with Crippen molar-refractivity contribution in [1.29, 1.82) is 0 Å². The second kappa shape index (κ2) is 8.25. The van der Waals surface area contributed by atoms with Crippen LogP contribution in [0.5, 0.6) is 5.75 Å².